The Kier molecular flexibility index (Phi) is 3.63. The molecule has 0 aliphatic rings. The summed E-state index contributed by atoms with van der Waals surface area (Å²) in [4.78, 5) is 10.7. The molecule has 0 aliphatic heterocycles. The molecule has 1 aromatic carbocycles. The van der Waals surface area contributed by atoms with Crippen molar-refractivity contribution >= 4 is 11.9 Å². The smallest absolute Gasteiger partial charge is 0.150 e. The molecule has 0 atom stereocenters. The molecule has 0 N–H and O–H groups in total. The number of aryl methyl sites for hydroxylation is 1. The Morgan fingerprint density at radius 2 is 2.14 bits per heavy atom. The first kappa shape index (κ1) is 10.7. The molecule has 0 radical (unpaired) electrons. The summed E-state index contributed by atoms with van der Waals surface area (Å²) in [5, 5.41) is 0. The predicted octanol–water partition coefficient (Wildman–Crippen LogP) is 3.48. The van der Waals surface area contributed by atoms with Crippen LogP contribution < -0.4 is 0 Å². The number of carbonyl (C=O) groups excluding carboxylic acids is 1. The van der Waals surface area contributed by atoms with Crippen molar-refractivity contribution in [3.8, 4) is 0 Å². The Morgan fingerprint density at radius 1 is 1.43 bits per heavy atom. The number of aldehydes is 1. The average molecular weight is 188 g/mol. The van der Waals surface area contributed by atoms with Crippen LogP contribution >= 0.6 is 0 Å². The van der Waals surface area contributed by atoms with Gasteiger partial charge in [0.2, 0.25) is 0 Å². The van der Waals surface area contributed by atoms with Gasteiger partial charge in [0.15, 0.2) is 0 Å². The molecular formula is C13H16O. The van der Waals surface area contributed by atoms with Crippen LogP contribution in [-0.4, -0.2) is 6.29 Å². The van der Waals surface area contributed by atoms with Crippen molar-refractivity contribution in [2.75, 3.05) is 0 Å². The minimum Gasteiger partial charge on any atom is -0.298 e. The Bertz CT molecular complexity index is 361. The van der Waals surface area contributed by atoms with Gasteiger partial charge in [0.25, 0.3) is 0 Å². The number of rotatable bonds is 3. The molecule has 0 aromatic heterocycles. The van der Waals surface area contributed by atoms with Gasteiger partial charge in [-0.1, -0.05) is 31.2 Å². The molecule has 0 heterocycles. The Morgan fingerprint density at radius 3 is 2.64 bits per heavy atom. The number of carbonyl (C=O) groups is 1. The standard InChI is InChI=1S/C13H16O/c1-4-10(3)12-6-7-13(9-14)11(5-2)8-12/h4,6-9H,5H2,1-3H3/b10-4+. The average Bonchev–Trinajstić information content (AvgIpc) is 2.26. The fraction of sp³-hybridized carbons (Fsp3) is 0.308. The van der Waals surface area contributed by atoms with Crippen LogP contribution in [0.2, 0.25) is 0 Å². The van der Waals surface area contributed by atoms with Crippen LogP contribution in [0.3, 0.4) is 0 Å². The SMILES string of the molecule is C/C=C(\C)c1ccc(C=O)c(CC)c1. The van der Waals surface area contributed by atoms with E-state index in [4.69, 9.17) is 0 Å². The van der Waals surface area contributed by atoms with Crippen LogP contribution in [0.25, 0.3) is 5.57 Å². The third-order valence-electron chi connectivity index (χ3n) is 2.54. The van der Waals surface area contributed by atoms with Gasteiger partial charge in [-0.3, -0.25) is 4.79 Å². The molecule has 0 spiro atoms. The van der Waals surface area contributed by atoms with E-state index in [1.54, 1.807) is 0 Å². The summed E-state index contributed by atoms with van der Waals surface area (Å²) in [5.74, 6) is 0. The molecule has 1 aromatic rings. The lowest BCUT2D eigenvalue weighted by atomic mass is 9.99. The van der Waals surface area contributed by atoms with Crippen LogP contribution in [0, 0.1) is 0 Å². The van der Waals surface area contributed by atoms with Crippen LogP contribution in [0.15, 0.2) is 24.3 Å². The largest absolute Gasteiger partial charge is 0.298 e. The highest BCUT2D eigenvalue weighted by atomic mass is 16.1. The van der Waals surface area contributed by atoms with E-state index in [9.17, 15) is 4.79 Å². The topological polar surface area (TPSA) is 17.1 Å². The van der Waals surface area contributed by atoms with Crippen LogP contribution in [0.4, 0.5) is 0 Å². The zero-order valence-electron chi connectivity index (χ0n) is 9.00. The summed E-state index contributed by atoms with van der Waals surface area (Å²) in [6.45, 7) is 6.17. The second-order valence-corrected chi connectivity index (χ2v) is 3.36. The second-order valence-electron chi connectivity index (χ2n) is 3.36. The molecule has 0 amide bonds. The first-order valence-electron chi connectivity index (χ1n) is 4.94. The maximum atomic E-state index is 10.7. The quantitative estimate of drug-likeness (QED) is 0.664. The molecular weight excluding hydrogens is 172 g/mol. The summed E-state index contributed by atoms with van der Waals surface area (Å²) in [7, 11) is 0. The lowest BCUT2D eigenvalue weighted by molar-refractivity contribution is 0.112. The first-order valence-corrected chi connectivity index (χ1v) is 4.94. The number of hydrogen-bond donors (Lipinski definition) is 0. The van der Waals surface area contributed by atoms with Crippen LogP contribution in [0.1, 0.15) is 42.3 Å². The van der Waals surface area contributed by atoms with Crippen LogP contribution in [0.5, 0.6) is 0 Å². The Hall–Kier alpha value is -1.37. The molecule has 0 aliphatic carbocycles. The maximum Gasteiger partial charge on any atom is 0.150 e. The van der Waals surface area contributed by atoms with E-state index in [1.807, 2.05) is 19.1 Å². The van der Waals surface area contributed by atoms with E-state index in [1.165, 1.54) is 11.1 Å². The van der Waals surface area contributed by atoms with E-state index in [2.05, 4.69) is 26.0 Å². The van der Waals surface area contributed by atoms with E-state index >= 15 is 0 Å². The van der Waals surface area contributed by atoms with E-state index in [0.29, 0.717) is 0 Å². The summed E-state index contributed by atoms with van der Waals surface area (Å²) >= 11 is 0. The van der Waals surface area contributed by atoms with E-state index < -0.39 is 0 Å². The highest BCUT2D eigenvalue weighted by Gasteiger charge is 2.01. The maximum absolute atomic E-state index is 10.7. The van der Waals surface area contributed by atoms with Crippen molar-refractivity contribution in [1.29, 1.82) is 0 Å². The molecule has 0 saturated heterocycles. The fourth-order valence-corrected chi connectivity index (χ4v) is 1.44. The van der Waals surface area contributed by atoms with Gasteiger partial charge in [-0.15, -0.1) is 0 Å². The molecule has 74 valence electrons. The van der Waals surface area contributed by atoms with E-state index in [0.717, 1.165) is 23.8 Å². The lowest BCUT2D eigenvalue weighted by Gasteiger charge is -2.06. The lowest BCUT2D eigenvalue weighted by Crippen LogP contribution is -1.92. The minimum atomic E-state index is 0.806. The normalized spacial score (nSPS) is 11.5. The van der Waals surface area contributed by atoms with Crippen molar-refractivity contribution in [1.82, 2.24) is 0 Å². The number of hydrogen-bond acceptors (Lipinski definition) is 1. The zero-order chi connectivity index (χ0) is 10.6. The Labute approximate surface area is 85.5 Å². The number of benzene rings is 1. The van der Waals surface area contributed by atoms with Crippen molar-refractivity contribution in [3.63, 3.8) is 0 Å². The van der Waals surface area contributed by atoms with Gasteiger partial charge in [-0.2, -0.15) is 0 Å². The summed E-state index contributed by atoms with van der Waals surface area (Å²) in [6, 6.07) is 5.99. The van der Waals surface area contributed by atoms with Gasteiger partial charge in [0.1, 0.15) is 6.29 Å². The third kappa shape index (κ3) is 2.11. The minimum absolute atomic E-state index is 0.806. The van der Waals surface area contributed by atoms with Gasteiger partial charge in [-0.25, -0.2) is 0 Å². The highest BCUT2D eigenvalue weighted by Crippen LogP contribution is 2.18. The second kappa shape index (κ2) is 4.75. The van der Waals surface area contributed by atoms with Gasteiger partial charge in [0, 0.05) is 5.56 Å². The first-order chi connectivity index (χ1) is 6.72. The van der Waals surface area contributed by atoms with Gasteiger partial charge >= 0.3 is 0 Å². The molecule has 1 heteroatoms. The molecule has 1 nitrogen and oxygen atoms in total. The van der Waals surface area contributed by atoms with E-state index in [-0.39, 0.29) is 0 Å². The van der Waals surface area contributed by atoms with Crippen molar-refractivity contribution in [2.24, 2.45) is 0 Å². The molecule has 1 rings (SSSR count). The predicted molar refractivity (Wildman–Crippen MR) is 60.5 cm³/mol. The van der Waals surface area contributed by atoms with Crippen molar-refractivity contribution in [2.45, 2.75) is 27.2 Å². The fourth-order valence-electron chi connectivity index (χ4n) is 1.44. The summed E-state index contributed by atoms with van der Waals surface area (Å²) in [5.41, 5.74) is 4.38. The van der Waals surface area contributed by atoms with Crippen molar-refractivity contribution in [3.05, 3.63) is 41.0 Å². The van der Waals surface area contributed by atoms with Gasteiger partial charge < -0.3 is 0 Å². The van der Waals surface area contributed by atoms with Crippen molar-refractivity contribution < 1.29 is 4.79 Å². The number of allylic oxidation sites excluding steroid dienone is 2. The molecule has 0 bridgehead atoms. The van der Waals surface area contributed by atoms with Crippen LogP contribution in [-0.2, 0) is 6.42 Å². The summed E-state index contributed by atoms with van der Waals surface area (Å²) < 4.78 is 0. The Balaban J connectivity index is 3.20. The third-order valence-corrected chi connectivity index (χ3v) is 2.54. The molecule has 0 unspecified atom stereocenters. The van der Waals surface area contributed by atoms with Gasteiger partial charge in [-0.05, 0) is 37.0 Å². The molecule has 0 fully saturated rings. The molecule has 0 saturated carbocycles. The summed E-state index contributed by atoms with van der Waals surface area (Å²) in [6.07, 6.45) is 3.90. The monoisotopic (exact) mass is 188 g/mol. The zero-order valence-corrected chi connectivity index (χ0v) is 9.00. The highest BCUT2D eigenvalue weighted by molar-refractivity contribution is 5.79. The molecule has 14 heavy (non-hydrogen) atoms. The van der Waals surface area contributed by atoms with Gasteiger partial charge in [0.05, 0.1) is 0 Å².